The molecule has 4 bridgehead atoms. The Morgan fingerprint density at radius 2 is 1.08 bits per heavy atom. The molecule has 2 aliphatic carbocycles. The van der Waals surface area contributed by atoms with Crippen molar-refractivity contribution in [3.8, 4) is 0 Å². The molecule has 0 spiro atoms. The van der Waals surface area contributed by atoms with Crippen molar-refractivity contribution in [3.63, 3.8) is 0 Å². The fourth-order valence-electron chi connectivity index (χ4n) is 5.95. The number of ether oxygens (including phenoxy) is 2. The molecular weight excluding hydrogens is 496 g/mol. The Hall–Kier alpha value is -2.98. The quantitative estimate of drug-likeness (QED) is 0.561. The van der Waals surface area contributed by atoms with Gasteiger partial charge < -0.3 is 14.6 Å². The van der Waals surface area contributed by atoms with E-state index in [2.05, 4.69) is 0 Å². The minimum atomic E-state index is -1.13. The van der Waals surface area contributed by atoms with Crippen LogP contribution in [0.25, 0.3) is 0 Å². The first-order valence-electron chi connectivity index (χ1n) is 13.2. The van der Waals surface area contributed by atoms with Crippen molar-refractivity contribution in [2.24, 2.45) is 11.8 Å². The first kappa shape index (κ1) is 29.6. The number of aliphatic carboxylic acids is 1. The van der Waals surface area contributed by atoms with Gasteiger partial charge in [0.25, 0.3) is 0 Å². The summed E-state index contributed by atoms with van der Waals surface area (Å²) in [6, 6.07) is -2.22. The zero-order valence-electron chi connectivity index (χ0n) is 23.3. The van der Waals surface area contributed by atoms with Crippen molar-refractivity contribution < 1.29 is 43.3 Å². The van der Waals surface area contributed by atoms with Crippen LogP contribution in [-0.2, 0) is 28.7 Å². The smallest absolute Gasteiger partial charge is 0.411 e. The van der Waals surface area contributed by atoms with E-state index in [1.54, 1.807) is 41.5 Å². The van der Waals surface area contributed by atoms with E-state index >= 15 is 0 Å². The van der Waals surface area contributed by atoms with E-state index in [1.807, 2.05) is 0 Å². The maximum absolute atomic E-state index is 12.3. The molecule has 11 nitrogen and oxygen atoms in total. The molecule has 0 unspecified atom stereocenters. The van der Waals surface area contributed by atoms with Gasteiger partial charge in [-0.2, -0.15) is 0 Å². The van der Waals surface area contributed by atoms with Crippen LogP contribution in [-0.4, -0.2) is 85.8 Å². The van der Waals surface area contributed by atoms with Gasteiger partial charge in [-0.1, -0.05) is 0 Å². The van der Waals surface area contributed by atoms with Crippen LogP contribution >= 0.6 is 0 Å². The average Bonchev–Trinajstić information content (AvgIpc) is 2.76. The van der Waals surface area contributed by atoms with E-state index in [0.717, 1.165) is 6.42 Å². The number of ketones is 3. The summed E-state index contributed by atoms with van der Waals surface area (Å²) in [7, 11) is 0. The number of carbonyl (C=O) groups excluding carboxylic acids is 5. The van der Waals surface area contributed by atoms with Crippen LogP contribution in [0.5, 0.6) is 0 Å². The number of nitrogens with zero attached hydrogens (tertiary/aromatic N) is 2. The molecule has 1 N–H and O–H groups in total. The van der Waals surface area contributed by atoms with Gasteiger partial charge in [0.2, 0.25) is 0 Å². The molecule has 6 fully saturated rings. The minimum Gasteiger partial charge on any atom is -0.480 e. The van der Waals surface area contributed by atoms with E-state index in [1.165, 1.54) is 16.7 Å². The Labute approximate surface area is 223 Å². The van der Waals surface area contributed by atoms with Gasteiger partial charge in [-0.15, -0.1) is 0 Å². The van der Waals surface area contributed by atoms with Gasteiger partial charge >= 0.3 is 18.2 Å². The van der Waals surface area contributed by atoms with Crippen LogP contribution < -0.4 is 0 Å². The predicted octanol–water partition coefficient (Wildman–Crippen LogP) is 3.36. The summed E-state index contributed by atoms with van der Waals surface area (Å²) < 4.78 is 10.6. The number of piperidine rings is 4. The third kappa shape index (κ3) is 6.35. The minimum absolute atomic E-state index is 0.0524. The molecule has 11 heteroatoms. The van der Waals surface area contributed by atoms with Crippen molar-refractivity contribution >= 4 is 35.5 Å². The van der Waals surface area contributed by atoms with Crippen molar-refractivity contribution in [1.29, 1.82) is 0 Å². The molecule has 212 valence electrons. The van der Waals surface area contributed by atoms with Crippen LogP contribution in [0.1, 0.15) is 87.0 Å². The van der Waals surface area contributed by atoms with Crippen molar-refractivity contribution in [1.82, 2.24) is 9.80 Å². The van der Waals surface area contributed by atoms with E-state index in [9.17, 15) is 33.9 Å². The van der Waals surface area contributed by atoms with Crippen LogP contribution in [0.4, 0.5) is 9.59 Å². The number of hydrogen-bond donors (Lipinski definition) is 1. The van der Waals surface area contributed by atoms with Gasteiger partial charge in [0.1, 0.15) is 34.9 Å². The number of carboxylic acid groups (broad SMARTS) is 1. The molecule has 4 saturated heterocycles. The summed E-state index contributed by atoms with van der Waals surface area (Å²) in [4.78, 5) is 74.0. The number of fused-ring (bicyclic) bond motifs is 6. The first-order valence-corrected chi connectivity index (χ1v) is 13.2. The monoisotopic (exact) mass is 536 g/mol. The van der Waals surface area contributed by atoms with E-state index in [0.29, 0.717) is 25.7 Å². The Balaban J connectivity index is 0.000000211. The summed E-state index contributed by atoms with van der Waals surface area (Å²) in [5.41, 5.74) is -1.28. The highest BCUT2D eigenvalue weighted by Gasteiger charge is 2.53. The highest BCUT2D eigenvalue weighted by Crippen LogP contribution is 2.39. The summed E-state index contributed by atoms with van der Waals surface area (Å²) in [5.74, 6) is -2.13. The number of Topliss-reactive ketones (excluding diaryl/α,β-unsaturated/α-hetero) is 3. The Bertz CT molecular complexity index is 929. The van der Waals surface area contributed by atoms with E-state index < -0.39 is 47.4 Å². The Morgan fingerprint density at radius 3 is 1.39 bits per heavy atom. The summed E-state index contributed by atoms with van der Waals surface area (Å²) >= 11 is 0. The van der Waals surface area contributed by atoms with E-state index in [-0.39, 0.29) is 41.8 Å². The predicted molar refractivity (Wildman–Crippen MR) is 134 cm³/mol. The number of carboxylic acids is 1. The molecule has 4 aliphatic heterocycles. The normalized spacial score (nSPS) is 30.4. The number of carbonyl (C=O) groups is 6. The molecule has 38 heavy (non-hydrogen) atoms. The Kier molecular flexibility index (Phi) is 8.29. The maximum Gasteiger partial charge on any atom is 0.411 e. The molecule has 0 aromatic heterocycles. The van der Waals surface area contributed by atoms with Gasteiger partial charge in [-0.3, -0.25) is 24.2 Å². The fourth-order valence-corrected chi connectivity index (χ4v) is 5.95. The van der Waals surface area contributed by atoms with Crippen molar-refractivity contribution in [2.45, 2.75) is 122 Å². The second-order valence-corrected chi connectivity index (χ2v) is 12.6. The van der Waals surface area contributed by atoms with Crippen molar-refractivity contribution in [2.75, 3.05) is 0 Å². The molecule has 0 radical (unpaired) electrons. The average molecular weight is 537 g/mol. The first-order chi connectivity index (χ1) is 17.4. The molecule has 6 rings (SSSR count). The molecule has 2 amide bonds. The van der Waals surface area contributed by atoms with Crippen LogP contribution in [0.3, 0.4) is 0 Å². The second kappa shape index (κ2) is 10.6. The SMILES string of the molecule is CC(=O)[C@@H]1[C@@H]2CC[C@@H](CC2=O)N1C(=O)OC(C)(C)C.CC(C)(C)OC(=O)N1[C@H]2CC[C@H](C(=O)C2)[C@H]1C(=O)O. The summed E-state index contributed by atoms with van der Waals surface area (Å²) in [6.45, 7) is 12.0. The molecular formula is C27H40N2O9. The maximum atomic E-state index is 12.3. The lowest BCUT2D eigenvalue weighted by Gasteiger charge is -2.49. The van der Waals surface area contributed by atoms with Crippen molar-refractivity contribution in [3.05, 3.63) is 0 Å². The van der Waals surface area contributed by atoms with Crippen LogP contribution in [0.15, 0.2) is 0 Å². The van der Waals surface area contributed by atoms with E-state index in [4.69, 9.17) is 9.47 Å². The topological polar surface area (TPSA) is 148 Å². The van der Waals surface area contributed by atoms with Gasteiger partial charge in [0, 0.05) is 36.8 Å². The van der Waals surface area contributed by atoms with Gasteiger partial charge in [0.15, 0.2) is 5.78 Å². The van der Waals surface area contributed by atoms with Gasteiger partial charge in [0.05, 0.1) is 0 Å². The summed E-state index contributed by atoms with van der Waals surface area (Å²) in [5, 5.41) is 9.29. The second-order valence-electron chi connectivity index (χ2n) is 12.6. The molecule has 0 aromatic carbocycles. The zero-order chi connectivity index (χ0) is 28.7. The standard InChI is InChI=1S/C14H21NO4.C13H19NO5/c1-8(16)12-10-6-5-9(7-11(10)17)15(12)13(18)19-14(2,3)4;1-13(2,3)19-12(18)14-7-4-5-8(9(15)6-7)10(14)11(16)17/h9-10,12H,5-7H2,1-4H3;7-8,10H,4-6H2,1-3H3,(H,16,17)/t9-,10+,12+;7-,8+,10-/m00/s1. The number of hydrogen-bond acceptors (Lipinski definition) is 8. The lowest BCUT2D eigenvalue weighted by atomic mass is 9.73. The van der Waals surface area contributed by atoms with Gasteiger partial charge in [-0.05, 0) is 74.1 Å². The largest absolute Gasteiger partial charge is 0.480 e. The zero-order valence-corrected chi connectivity index (χ0v) is 23.3. The number of amides is 2. The third-order valence-corrected chi connectivity index (χ3v) is 7.35. The lowest BCUT2D eigenvalue weighted by molar-refractivity contribution is -0.158. The van der Waals surface area contributed by atoms with Gasteiger partial charge in [-0.25, -0.2) is 14.4 Å². The third-order valence-electron chi connectivity index (χ3n) is 7.35. The Morgan fingerprint density at radius 1 is 0.711 bits per heavy atom. The highest BCUT2D eigenvalue weighted by molar-refractivity contribution is 5.96. The summed E-state index contributed by atoms with van der Waals surface area (Å²) in [6.07, 6.45) is 2.17. The van der Waals surface area contributed by atoms with Crippen LogP contribution in [0.2, 0.25) is 0 Å². The lowest BCUT2D eigenvalue weighted by Crippen LogP contribution is -2.64. The number of rotatable bonds is 2. The van der Waals surface area contributed by atoms with Crippen LogP contribution in [0, 0.1) is 11.8 Å². The molecule has 2 saturated carbocycles. The molecule has 0 aromatic rings. The highest BCUT2D eigenvalue weighted by atomic mass is 16.6. The molecule has 4 heterocycles. The fraction of sp³-hybridized carbons (Fsp3) is 0.778. The molecule has 6 atom stereocenters. The molecule has 6 aliphatic rings.